The van der Waals surface area contributed by atoms with Gasteiger partial charge in [0.15, 0.2) is 13.1 Å². The molecule has 0 aliphatic heterocycles. The second-order valence-corrected chi connectivity index (χ2v) is 5.93. The van der Waals surface area contributed by atoms with Gasteiger partial charge in [-0.2, -0.15) is 0 Å². The van der Waals surface area contributed by atoms with Crippen LogP contribution in [0.1, 0.15) is 37.3 Å². The third-order valence-electron chi connectivity index (χ3n) is 3.76. The Kier molecular flexibility index (Phi) is 5.90. The highest BCUT2D eigenvalue weighted by molar-refractivity contribution is 5.70. The van der Waals surface area contributed by atoms with E-state index in [0.29, 0.717) is 12.5 Å². The second-order valence-electron chi connectivity index (χ2n) is 5.93. The Morgan fingerprint density at radius 2 is 1.57 bits per heavy atom. The lowest BCUT2D eigenvalue weighted by Gasteiger charge is -2.31. The van der Waals surface area contributed by atoms with Gasteiger partial charge < -0.3 is 14.7 Å². The third kappa shape index (κ3) is 5.55. The van der Waals surface area contributed by atoms with Crippen molar-refractivity contribution in [3.05, 3.63) is 35.4 Å². The van der Waals surface area contributed by atoms with Gasteiger partial charge in [0.25, 0.3) is 0 Å². The molecule has 0 aliphatic rings. The van der Waals surface area contributed by atoms with E-state index in [2.05, 4.69) is 13.8 Å². The number of carbonyl (C=O) groups is 2. The van der Waals surface area contributed by atoms with Crippen molar-refractivity contribution in [2.45, 2.75) is 32.7 Å². The number of nitrogens with zero attached hydrogens (tertiary/aromatic N) is 1. The minimum Gasteiger partial charge on any atom is -0.477 e. The van der Waals surface area contributed by atoms with Crippen LogP contribution in [-0.4, -0.2) is 46.8 Å². The molecule has 0 aliphatic carbocycles. The van der Waals surface area contributed by atoms with Crippen molar-refractivity contribution in [3.8, 4) is 0 Å². The van der Waals surface area contributed by atoms with Gasteiger partial charge in [-0.25, -0.2) is 9.59 Å². The van der Waals surface area contributed by atoms with Crippen LogP contribution >= 0.6 is 0 Å². The molecule has 0 heterocycles. The zero-order valence-electron chi connectivity index (χ0n) is 12.9. The van der Waals surface area contributed by atoms with E-state index >= 15 is 0 Å². The van der Waals surface area contributed by atoms with Crippen LogP contribution in [-0.2, 0) is 16.1 Å². The van der Waals surface area contributed by atoms with E-state index in [1.807, 2.05) is 24.3 Å². The highest BCUT2D eigenvalue weighted by Crippen LogP contribution is 2.20. The SMILES string of the molecule is CCC(C)c1ccc(C[N+](C)(CC(=O)O)CC(=O)O)cc1. The average Bonchev–Trinajstić information content (AvgIpc) is 2.36. The van der Waals surface area contributed by atoms with E-state index in [4.69, 9.17) is 10.2 Å². The molecule has 0 fully saturated rings. The van der Waals surface area contributed by atoms with Crippen molar-refractivity contribution in [1.82, 2.24) is 0 Å². The van der Waals surface area contributed by atoms with E-state index in [9.17, 15) is 9.59 Å². The van der Waals surface area contributed by atoms with Crippen LogP contribution in [0, 0.1) is 0 Å². The molecule has 0 aromatic heterocycles. The van der Waals surface area contributed by atoms with Crippen LogP contribution in [0.4, 0.5) is 0 Å². The van der Waals surface area contributed by atoms with Gasteiger partial charge in [0.1, 0.15) is 6.54 Å². The van der Waals surface area contributed by atoms with Gasteiger partial charge >= 0.3 is 11.9 Å². The van der Waals surface area contributed by atoms with E-state index in [-0.39, 0.29) is 17.6 Å². The quantitative estimate of drug-likeness (QED) is 0.722. The molecule has 0 bridgehead atoms. The Morgan fingerprint density at radius 3 is 1.95 bits per heavy atom. The lowest BCUT2D eigenvalue weighted by molar-refractivity contribution is -0.908. The fourth-order valence-corrected chi connectivity index (χ4v) is 2.45. The molecule has 1 atom stereocenters. The summed E-state index contributed by atoms with van der Waals surface area (Å²) in [6.45, 7) is 4.26. The molecule has 2 N–H and O–H groups in total. The number of rotatable bonds is 8. The summed E-state index contributed by atoms with van der Waals surface area (Å²) in [6, 6.07) is 7.99. The second kappa shape index (κ2) is 7.22. The van der Waals surface area contributed by atoms with Crippen LogP contribution in [0.5, 0.6) is 0 Å². The molecule has 0 spiro atoms. The summed E-state index contributed by atoms with van der Waals surface area (Å²) in [5.41, 5.74) is 2.19. The number of benzene rings is 1. The third-order valence-corrected chi connectivity index (χ3v) is 3.76. The highest BCUT2D eigenvalue weighted by atomic mass is 16.4. The summed E-state index contributed by atoms with van der Waals surface area (Å²) in [6.07, 6.45) is 1.06. The van der Waals surface area contributed by atoms with Crippen molar-refractivity contribution in [1.29, 1.82) is 0 Å². The van der Waals surface area contributed by atoms with E-state index in [1.54, 1.807) is 7.05 Å². The monoisotopic (exact) mass is 294 g/mol. The standard InChI is InChI=1S/C16H23NO4/c1-4-12(2)14-7-5-13(6-8-14)9-17(3,10-15(18)19)11-16(20)21/h5-8,12H,4,9-11H2,1-3H3,(H-,18,19,20,21)/p+1. The number of aliphatic carboxylic acids is 2. The number of likely N-dealkylation sites (N-methyl/N-ethyl adjacent to an activating group) is 1. The minimum atomic E-state index is -0.991. The van der Waals surface area contributed by atoms with E-state index in [0.717, 1.165) is 12.0 Å². The van der Waals surface area contributed by atoms with Gasteiger partial charge in [-0.05, 0) is 17.9 Å². The van der Waals surface area contributed by atoms with Gasteiger partial charge in [0.05, 0.1) is 7.05 Å². The van der Waals surface area contributed by atoms with Gasteiger partial charge in [-0.1, -0.05) is 38.1 Å². The molecule has 0 amide bonds. The van der Waals surface area contributed by atoms with E-state index < -0.39 is 11.9 Å². The first-order valence-corrected chi connectivity index (χ1v) is 7.11. The zero-order chi connectivity index (χ0) is 16.0. The molecule has 21 heavy (non-hydrogen) atoms. The fraction of sp³-hybridized carbons (Fsp3) is 0.500. The molecule has 0 saturated heterocycles. The summed E-state index contributed by atoms with van der Waals surface area (Å²) < 4.78 is -0.0483. The van der Waals surface area contributed by atoms with Gasteiger partial charge in [0, 0.05) is 5.56 Å². The Bertz CT molecular complexity index is 480. The zero-order valence-corrected chi connectivity index (χ0v) is 12.9. The van der Waals surface area contributed by atoms with Crippen LogP contribution < -0.4 is 0 Å². The minimum absolute atomic E-state index is 0.0483. The number of carboxylic acid groups (broad SMARTS) is 2. The van der Waals surface area contributed by atoms with Gasteiger partial charge in [-0.3, -0.25) is 0 Å². The maximum Gasteiger partial charge on any atom is 0.359 e. The maximum absolute atomic E-state index is 11.0. The maximum atomic E-state index is 11.0. The van der Waals surface area contributed by atoms with E-state index in [1.165, 1.54) is 5.56 Å². The molecule has 0 saturated carbocycles. The summed E-state index contributed by atoms with van der Waals surface area (Å²) in [5.74, 6) is -1.50. The molecule has 1 aromatic rings. The molecular formula is C16H24NO4+. The predicted molar refractivity (Wildman–Crippen MR) is 80.0 cm³/mol. The van der Waals surface area contributed by atoms with Crippen molar-refractivity contribution >= 4 is 11.9 Å². The van der Waals surface area contributed by atoms with Crippen LogP contribution in [0.3, 0.4) is 0 Å². The van der Waals surface area contributed by atoms with Crippen LogP contribution in [0.25, 0.3) is 0 Å². The molecule has 116 valence electrons. The summed E-state index contributed by atoms with van der Waals surface area (Å²) in [4.78, 5) is 21.9. The lowest BCUT2D eigenvalue weighted by atomic mass is 9.97. The first-order valence-electron chi connectivity index (χ1n) is 7.11. The first-order chi connectivity index (χ1) is 9.75. The number of quaternary nitrogens is 1. The molecular weight excluding hydrogens is 270 g/mol. The molecule has 1 rings (SSSR count). The van der Waals surface area contributed by atoms with Crippen LogP contribution in [0.2, 0.25) is 0 Å². The Labute approximate surface area is 125 Å². The summed E-state index contributed by atoms with van der Waals surface area (Å²) in [7, 11) is 1.66. The smallest absolute Gasteiger partial charge is 0.359 e. The predicted octanol–water partition coefficient (Wildman–Crippen LogP) is 2.32. The Balaban J connectivity index is 2.88. The van der Waals surface area contributed by atoms with Gasteiger partial charge in [-0.15, -0.1) is 0 Å². The molecule has 1 aromatic carbocycles. The van der Waals surface area contributed by atoms with Crippen molar-refractivity contribution < 1.29 is 24.3 Å². The number of hydrogen-bond donors (Lipinski definition) is 2. The highest BCUT2D eigenvalue weighted by Gasteiger charge is 2.28. The number of carboxylic acids is 2. The fourth-order valence-electron chi connectivity index (χ4n) is 2.45. The molecule has 0 radical (unpaired) electrons. The lowest BCUT2D eigenvalue weighted by Crippen LogP contribution is -2.50. The largest absolute Gasteiger partial charge is 0.477 e. The topological polar surface area (TPSA) is 74.6 Å². The average molecular weight is 294 g/mol. The Morgan fingerprint density at radius 1 is 1.10 bits per heavy atom. The van der Waals surface area contributed by atoms with Gasteiger partial charge in [0.2, 0.25) is 0 Å². The Hall–Kier alpha value is -1.88. The summed E-state index contributed by atoms with van der Waals surface area (Å²) in [5, 5.41) is 18.0. The first kappa shape index (κ1) is 17.2. The number of hydrogen-bond acceptors (Lipinski definition) is 2. The van der Waals surface area contributed by atoms with Crippen molar-refractivity contribution in [3.63, 3.8) is 0 Å². The van der Waals surface area contributed by atoms with Crippen molar-refractivity contribution in [2.24, 2.45) is 0 Å². The molecule has 1 unspecified atom stereocenters. The molecule has 5 heteroatoms. The molecule has 5 nitrogen and oxygen atoms in total. The normalized spacial score (nSPS) is 12.9. The van der Waals surface area contributed by atoms with Crippen molar-refractivity contribution in [2.75, 3.05) is 20.1 Å². The van der Waals surface area contributed by atoms with Crippen LogP contribution in [0.15, 0.2) is 24.3 Å². The summed E-state index contributed by atoms with van der Waals surface area (Å²) >= 11 is 0.